The lowest BCUT2D eigenvalue weighted by Gasteiger charge is -2.62. The molecule has 4 spiro atoms. The maximum absolute atomic E-state index is 13.2. The van der Waals surface area contributed by atoms with E-state index in [1.807, 2.05) is 109 Å². The molecular weight excluding hydrogens is 1620 g/mol. The van der Waals surface area contributed by atoms with Crippen molar-refractivity contribution in [2.75, 3.05) is 102 Å². The van der Waals surface area contributed by atoms with E-state index in [2.05, 4.69) is 53.0 Å². The van der Waals surface area contributed by atoms with E-state index in [-0.39, 0.29) is 93.4 Å². The number of ether oxygens (including phenoxy) is 4. The number of amides is 3. The third-order valence-electron chi connectivity index (χ3n) is 37.5. The van der Waals surface area contributed by atoms with Gasteiger partial charge in [-0.15, -0.1) is 0 Å². The first-order chi connectivity index (χ1) is 62.2. The summed E-state index contributed by atoms with van der Waals surface area (Å²) in [5, 5.41) is 53.7. The summed E-state index contributed by atoms with van der Waals surface area (Å²) < 4.78 is 46.2. The standard InChI is InChI=1S/3C29H34N2O4.C20H23NO3/c1-30(25(33)10-5-19-11-14-34-17-19)22-8-7-21-23-15-20-6-9-24(32)27-26(20)29(21,28(22)35-27)12-13-31(23,2)16-18-3-4-18;2*1-30(26(33)10-5-19-11-14-34-17-19)22-7-6-21-23-15-20-24(32)8-9-25-27(20)29(21,28(22)35-25)12-13-31(23,2)16-18-3-4-18;1-3-9-21(2)10-8-20-13-5-7-16(23)19(20)24-18-15(22)6-4-12(17(18)20)11-14(13)21/h5-6,9-11,14,17-18,21-23,28H,3-4,7-8,12-13,15-16H2,1-2H3;2*5,8-11,14,17-18,21-23,28H,3-4,6-7,12-13,15-16H2,1-2H3;3-7,13-14,16,19,23H,1,8-11H2,2H3/p+4/b3*10-5+;/t2*21?,22-,23?,28?,29+,31+;21?,22-,23?,28?,29+,31-;13?,14?,16-,19?,20-,21-/m0111/s1. The van der Waals surface area contributed by atoms with Gasteiger partial charge in [0.25, 0.3) is 0 Å². The van der Waals surface area contributed by atoms with E-state index in [0.29, 0.717) is 70.8 Å². The summed E-state index contributed by atoms with van der Waals surface area (Å²) in [6.07, 6.45) is 47.6. The largest absolute Gasteiger partial charge is 0.508 e. The van der Waals surface area contributed by atoms with Crippen molar-refractivity contribution in [1.29, 1.82) is 0 Å². The average Bonchev–Trinajstić information content (AvgIpc) is 1.59. The van der Waals surface area contributed by atoms with Crippen molar-refractivity contribution in [3.8, 4) is 46.0 Å². The molecule has 129 heavy (non-hydrogen) atoms. The molecular formula is C107H129N7O15+4. The number of phenolic OH excluding ortho intramolecular Hbond substituents is 4. The number of phenols is 4. The zero-order valence-electron chi connectivity index (χ0n) is 75.9. The lowest BCUT2D eigenvalue weighted by atomic mass is 9.50. The Morgan fingerprint density at radius 1 is 0.419 bits per heavy atom. The van der Waals surface area contributed by atoms with E-state index in [1.54, 1.807) is 67.9 Å². The second-order valence-electron chi connectivity index (χ2n) is 44.0. The number of piperidine rings is 4. The van der Waals surface area contributed by atoms with Crippen molar-refractivity contribution in [3.05, 3.63) is 209 Å². The normalized spacial score (nSPS) is 38.0. The summed E-state index contributed by atoms with van der Waals surface area (Å²) in [5.74, 6) is 8.99. The minimum absolute atomic E-state index is 0.00815. The van der Waals surface area contributed by atoms with Gasteiger partial charge in [0.1, 0.15) is 59.6 Å². The second kappa shape index (κ2) is 30.3. The van der Waals surface area contributed by atoms with Crippen molar-refractivity contribution in [3.63, 3.8) is 0 Å². The molecule has 8 aliphatic heterocycles. The number of likely N-dealkylation sites (N-methyl/N-ethyl adjacent to an activating group) is 7. The number of hydrogen-bond acceptors (Lipinski definition) is 15. The Kier molecular flexibility index (Phi) is 19.6. The summed E-state index contributed by atoms with van der Waals surface area (Å²) in [5.41, 5.74) is 11.9. The predicted molar refractivity (Wildman–Crippen MR) is 487 cm³/mol. The summed E-state index contributed by atoms with van der Waals surface area (Å²) in [6.45, 7) is 13.2. The molecule has 11 heterocycles. The molecule has 26 rings (SSSR count). The predicted octanol–water partition coefficient (Wildman–Crippen LogP) is 14.3. The molecule has 7 aromatic rings. The van der Waals surface area contributed by atoms with Gasteiger partial charge < -0.3 is 90.4 Å². The van der Waals surface area contributed by atoms with E-state index in [9.17, 15) is 39.9 Å². The highest BCUT2D eigenvalue weighted by molar-refractivity contribution is 5.93. The number of benzene rings is 4. The van der Waals surface area contributed by atoms with Gasteiger partial charge in [-0.05, 0) is 167 Å². The van der Waals surface area contributed by atoms with Crippen LogP contribution in [0.15, 0.2) is 161 Å². The molecule has 4 aromatic carbocycles. The molecule has 22 heteroatoms. The third kappa shape index (κ3) is 12.7. The fourth-order valence-electron chi connectivity index (χ4n) is 31.0. The summed E-state index contributed by atoms with van der Waals surface area (Å²) in [4.78, 5) is 45.4. The Hall–Kier alpha value is -9.97. The average molecular weight is 1750 g/mol. The molecule has 8 bridgehead atoms. The zero-order chi connectivity index (χ0) is 88.5. The highest BCUT2D eigenvalue weighted by Crippen LogP contribution is 2.71. The van der Waals surface area contributed by atoms with E-state index < -0.39 is 6.10 Å². The van der Waals surface area contributed by atoms with Gasteiger partial charge in [-0.25, -0.2) is 0 Å². The van der Waals surface area contributed by atoms with Gasteiger partial charge >= 0.3 is 0 Å². The summed E-state index contributed by atoms with van der Waals surface area (Å²) >= 11 is 0. The molecule has 678 valence electrons. The van der Waals surface area contributed by atoms with Gasteiger partial charge in [-0.2, -0.15) is 0 Å². The first kappa shape index (κ1) is 83.4. The van der Waals surface area contributed by atoms with Gasteiger partial charge in [0.15, 0.2) is 23.0 Å². The van der Waals surface area contributed by atoms with E-state index in [1.165, 1.54) is 96.0 Å². The topological polar surface area (TPSA) is 238 Å². The number of likely N-dealkylation sites (tertiary alicyclic amines) is 4. The highest BCUT2D eigenvalue weighted by atomic mass is 16.5. The molecule has 4 saturated heterocycles. The van der Waals surface area contributed by atoms with Crippen LogP contribution in [0.25, 0.3) is 18.2 Å². The molecule has 11 aliphatic carbocycles. The van der Waals surface area contributed by atoms with Crippen LogP contribution in [-0.4, -0.2) is 250 Å². The van der Waals surface area contributed by atoms with Crippen LogP contribution in [0.5, 0.6) is 46.0 Å². The lowest BCUT2D eigenvalue weighted by Crippen LogP contribution is -2.73. The number of aromatic hydroxyl groups is 4. The molecule has 6 saturated carbocycles. The van der Waals surface area contributed by atoms with E-state index >= 15 is 0 Å². The van der Waals surface area contributed by atoms with Crippen LogP contribution in [0.1, 0.15) is 164 Å². The lowest BCUT2D eigenvalue weighted by molar-refractivity contribution is -0.946. The SMILES string of the molecule is C=CC[N@+]1(C)CC[C@@]23c4c5ccc(O)c4OC2[C@H](O)C=CC3C1C5.CN(C(=O)/C=C/c1ccoc1)[C@@H]1CCC2C3Cc4c(O)ccc5c4[C@@]2(CC[N@+]3(C)CC2CC2)C1O5.CN(C(=O)/C=C/c1ccoc1)[C@@H]1CCC2C3Cc4c(O)ccc5c4[C@@]2(CC[N@@+]3(C)CC2CC2)C1O5.CN(C(=O)/C=C/c1ccoc1)[C@H]1CCC2C3Cc4ccc(O)c5c4[C@]2(CC[N@+]3(C)CC2CC2)C1O5. The molecule has 10 fully saturated rings. The highest BCUT2D eigenvalue weighted by Gasteiger charge is 2.75. The first-order valence-corrected chi connectivity index (χ1v) is 48.6. The van der Waals surface area contributed by atoms with Crippen LogP contribution in [-0.2, 0) is 61.7 Å². The molecule has 24 atom stereocenters. The Labute approximate surface area is 757 Å². The minimum atomic E-state index is -0.615. The number of hydrogen-bond donors (Lipinski definition) is 5. The Morgan fingerprint density at radius 2 is 0.783 bits per heavy atom. The van der Waals surface area contributed by atoms with Gasteiger partial charge in [0, 0.05) is 182 Å². The molecule has 22 nitrogen and oxygen atoms in total. The molecule has 19 aliphatic rings. The zero-order valence-corrected chi connectivity index (χ0v) is 75.9. The Morgan fingerprint density at radius 3 is 1.19 bits per heavy atom. The number of aliphatic hydroxyl groups is 1. The fraction of sp³-hybridized carbons (Fsp3) is 0.542. The number of nitrogens with zero attached hydrogens (tertiary/aromatic N) is 7. The van der Waals surface area contributed by atoms with Crippen molar-refractivity contribution >= 4 is 35.9 Å². The number of carbonyl (C=O) groups is 3. The maximum Gasteiger partial charge on any atom is 0.246 e. The van der Waals surface area contributed by atoms with Crippen molar-refractivity contribution in [1.82, 2.24) is 14.7 Å². The first-order valence-electron chi connectivity index (χ1n) is 48.6. The monoisotopic (exact) mass is 1750 g/mol. The second-order valence-corrected chi connectivity index (χ2v) is 44.0. The van der Waals surface area contributed by atoms with Crippen molar-refractivity contribution < 1.29 is 90.0 Å². The Bertz CT molecular complexity index is 5550. The number of quaternary nitrogens is 4. The van der Waals surface area contributed by atoms with Crippen LogP contribution >= 0.6 is 0 Å². The Balaban J connectivity index is 0.0000000991. The molecule has 3 aromatic heterocycles. The van der Waals surface area contributed by atoms with Crippen LogP contribution in [0.3, 0.4) is 0 Å². The van der Waals surface area contributed by atoms with E-state index in [0.717, 1.165) is 193 Å². The van der Waals surface area contributed by atoms with Gasteiger partial charge in [0.2, 0.25) is 17.7 Å². The maximum atomic E-state index is 13.2. The van der Waals surface area contributed by atoms with Crippen molar-refractivity contribution in [2.45, 2.75) is 223 Å². The number of furan rings is 3. The summed E-state index contributed by atoms with van der Waals surface area (Å²) in [6, 6.07) is 22.9. The molecule has 12 unspecified atom stereocenters. The minimum Gasteiger partial charge on any atom is -0.508 e. The quantitative estimate of drug-likeness (QED) is 0.0324. The molecule has 5 N–H and O–H groups in total. The van der Waals surface area contributed by atoms with Crippen molar-refractivity contribution in [2.24, 2.45) is 41.4 Å². The smallest absolute Gasteiger partial charge is 0.246 e. The third-order valence-corrected chi connectivity index (χ3v) is 37.5. The summed E-state index contributed by atoms with van der Waals surface area (Å²) in [7, 11) is 15.5. The van der Waals surface area contributed by atoms with Gasteiger partial charge in [0.05, 0.1) is 176 Å². The van der Waals surface area contributed by atoms with Crippen LogP contribution in [0.4, 0.5) is 0 Å². The fourth-order valence-corrected chi connectivity index (χ4v) is 31.0. The van der Waals surface area contributed by atoms with Crippen LogP contribution < -0.4 is 18.9 Å². The number of carbonyl (C=O) groups excluding carboxylic acids is 3. The van der Waals surface area contributed by atoms with Gasteiger partial charge in [-0.1, -0.05) is 30.9 Å². The number of aliphatic hydroxyl groups excluding tert-OH is 1. The van der Waals surface area contributed by atoms with Gasteiger partial charge in [-0.3, -0.25) is 14.4 Å². The molecule has 3 amide bonds. The molecule has 0 radical (unpaired) electrons. The van der Waals surface area contributed by atoms with Crippen LogP contribution in [0.2, 0.25) is 0 Å². The van der Waals surface area contributed by atoms with E-state index in [4.69, 9.17) is 32.2 Å². The number of rotatable bonds is 17. The van der Waals surface area contributed by atoms with Crippen LogP contribution in [0, 0.1) is 41.4 Å².